The molecule has 0 aliphatic rings. The molecule has 104 valence electrons. The number of rotatable bonds is 8. The molecule has 4 heteroatoms. The van der Waals surface area contributed by atoms with Crippen molar-refractivity contribution in [3.8, 4) is 0 Å². The van der Waals surface area contributed by atoms with Gasteiger partial charge < -0.3 is 9.53 Å². The monoisotopic (exact) mass is 263 g/mol. The van der Waals surface area contributed by atoms with Crippen LogP contribution < -0.4 is 5.32 Å². The van der Waals surface area contributed by atoms with Crippen LogP contribution in [0.2, 0.25) is 0 Å². The summed E-state index contributed by atoms with van der Waals surface area (Å²) in [6.45, 7) is 3.84. The highest BCUT2D eigenvalue weighted by molar-refractivity contribution is 5.76. The van der Waals surface area contributed by atoms with E-state index in [4.69, 9.17) is 4.74 Å². The summed E-state index contributed by atoms with van der Waals surface area (Å²) in [4.78, 5) is 22.5. The maximum atomic E-state index is 11.8. The van der Waals surface area contributed by atoms with E-state index in [0.29, 0.717) is 13.0 Å². The van der Waals surface area contributed by atoms with E-state index in [1.54, 1.807) is 13.8 Å². The Kier molecular flexibility index (Phi) is 6.82. The zero-order valence-electron chi connectivity index (χ0n) is 11.5. The fourth-order valence-corrected chi connectivity index (χ4v) is 1.82. The summed E-state index contributed by atoms with van der Waals surface area (Å²) in [5.41, 5.74) is 1.16. The minimum Gasteiger partial charge on any atom is -0.465 e. The second-order valence-electron chi connectivity index (χ2n) is 4.42. The molecule has 2 atom stereocenters. The minimum absolute atomic E-state index is 0.299. The highest BCUT2D eigenvalue weighted by Gasteiger charge is 2.21. The Morgan fingerprint density at radius 2 is 2.05 bits per heavy atom. The SMILES string of the molecule is CCOC(=O)C(CCc1ccccc1)NC(C)C=O. The second-order valence-corrected chi connectivity index (χ2v) is 4.42. The molecule has 0 spiro atoms. The van der Waals surface area contributed by atoms with Crippen LogP contribution in [-0.4, -0.2) is 30.9 Å². The minimum atomic E-state index is -0.444. The number of benzene rings is 1. The number of carbonyl (C=O) groups excluding carboxylic acids is 2. The lowest BCUT2D eigenvalue weighted by Crippen LogP contribution is -2.44. The predicted molar refractivity (Wildman–Crippen MR) is 73.8 cm³/mol. The van der Waals surface area contributed by atoms with Gasteiger partial charge in [-0.25, -0.2) is 0 Å². The Labute approximate surface area is 114 Å². The molecule has 0 saturated heterocycles. The summed E-state index contributed by atoms with van der Waals surface area (Å²) in [6.07, 6.45) is 2.17. The van der Waals surface area contributed by atoms with Gasteiger partial charge in [-0.3, -0.25) is 10.1 Å². The number of aryl methyl sites for hydroxylation is 1. The third kappa shape index (κ3) is 5.66. The molecule has 4 nitrogen and oxygen atoms in total. The number of hydrogen-bond acceptors (Lipinski definition) is 4. The predicted octanol–water partition coefficient (Wildman–Crippen LogP) is 1.73. The lowest BCUT2D eigenvalue weighted by atomic mass is 10.0. The molecule has 0 aliphatic heterocycles. The standard InChI is InChI=1S/C15H21NO3/c1-3-19-15(18)14(16-12(2)11-17)10-9-13-7-5-4-6-8-13/h4-8,11-12,14,16H,3,9-10H2,1-2H3. The average Bonchev–Trinajstić information content (AvgIpc) is 2.44. The van der Waals surface area contributed by atoms with Gasteiger partial charge in [-0.05, 0) is 32.3 Å². The number of ether oxygens (including phenoxy) is 1. The zero-order valence-corrected chi connectivity index (χ0v) is 11.5. The molecule has 0 saturated carbocycles. The van der Waals surface area contributed by atoms with E-state index in [1.165, 1.54) is 0 Å². The van der Waals surface area contributed by atoms with Crippen molar-refractivity contribution in [2.75, 3.05) is 6.61 Å². The summed E-state index contributed by atoms with van der Waals surface area (Å²) < 4.78 is 5.02. The van der Waals surface area contributed by atoms with E-state index in [0.717, 1.165) is 18.3 Å². The van der Waals surface area contributed by atoms with E-state index in [9.17, 15) is 9.59 Å². The first kappa shape index (κ1) is 15.4. The Hall–Kier alpha value is -1.68. The van der Waals surface area contributed by atoms with Crippen molar-refractivity contribution in [1.29, 1.82) is 0 Å². The molecule has 0 bridgehead atoms. The normalized spacial score (nSPS) is 13.6. The molecule has 0 fully saturated rings. The van der Waals surface area contributed by atoms with Crippen LogP contribution in [0.3, 0.4) is 0 Å². The smallest absolute Gasteiger partial charge is 0.323 e. The first-order valence-electron chi connectivity index (χ1n) is 6.59. The van der Waals surface area contributed by atoms with E-state index < -0.39 is 6.04 Å². The molecular weight excluding hydrogens is 242 g/mol. The van der Waals surface area contributed by atoms with Gasteiger partial charge in [0.05, 0.1) is 12.6 Å². The van der Waals surface area contributed by atoms with Crippen LogP contribution in [0.4, 0.5) is 0 Å². The van der Waals surface area contributed by atoms with Gasteiger partial charge in [0, 0.05) is 0 Å². The maximum Gasteiger partial charge on any atom is 0.323 e. The molecule has 1 aromatic rings. The quantitative estimate of drug-likeness (QED) is 0.573. The topological polar surface area (TPSA) is 55.4 Å². The Morgan fingerprint density at radius 1 is 1.37 bits per heavy atom. The Morgan fingerprint density at radius 3 is 2.63 bits per heavy atom. The molecule has 1 aromatic carbocycles. The lowest BCUT2D eigenvalue weighted by molar-refractivity contribution is -0.146. The highest BCUT2D eigenvalue weighted by atomic mass is 16.5. The molecule has 1 N–H and O–H groups in total. The van der Waals surface area contributed by atoms with Crippen LogP contribution in [0, 0.1) is 0 Å². The largest absolute Gasteiger partial charge is 0.465 e. The molecule has 1 rings (SSSR count). The maximum absolute atomic E-state index is 11.8. The number of esters is 1. The van der Waals surface area contributed by atoms with Gasteiger partial charge in [0.2, 0.25) is 0 Å². The lowest BCUT2D eigenvalue weighted by Gasteiger charge is -2.19. The third-order valence-corrected chi connectivity index (χ3v) is 2.80. The van der Waals surface area contributed by atoms with Gasteiger partial charge in [0.1, 0.15) is 12.3 Å². The summed E-state index contributed by atoms with van der Waals surface area (Å²) >= 11 is 0. The van der Waals surface area contributed by atoms with Crippen LogP contribution in [0.5, 0.6) is 0 Å². The van der Waals surface area contributed by atoms with Gasteiger partial charge in [-0.15, -0.1) is 0 Å². The van der Waals surface area contributed by atoms with Crippen LogP contribution in [0.15, 0.2) is 30.3 Å². The molecule has 19 heavy (non-hydrogen) atoms. The molecule has 2 unspecified atom stereocenters. The molecule has 0 heterocycles. The van der Waals surface area contributed by atoms with Crippen molar-refractivity contribution in [1.82, 2.24) is 5.32 Å². The van der Waals surface area contributed by atoms with Gasteiger partial charge in [-0.2, -0.15) is 0 Å². The molecule has 0 radical (unpaired) electrons. The van der Waals surface area contributed by atoms with Crippen LogP contribution in [-0.2, 0) is 20.7 Å². The summed E-state index contributed by atoms with van der Waals surface area (Å²) in [6, 6.07) is 9.13. The third-order valence-electron chi connectivity index (χ3n) is 2.80. The van der Waals surface area contributed by atoms with Crippen LogP contribution in [0.25, 0.3) is 0 Å². The van der Waals surface area contributed by atoms with E-state index in [1.807, 2.05) is 30.3 Å². The van der Waals surface area contributed by atoms with Crippen molar-refractivity contribution in [3.05, 3.63) is 35.9 Å². The number of aldehydes is 1. The zero-order chi connectivity index (χ0) is 14.1. The van der Waals surface area contributed by atoms with Crippen molar-refractivity contribution in [2.45, 2.75) is 38.8 Å². The molecular formula is C15H21NO3. The first-order valence-corrected chi connectivity index (χ1v) is 6.59. The fourth-order valence-electron chi connectivity index (χ4n) is 1.82. The first-order chi connectivity index (χ1) is 9.17. The molecule has 0 amide bonds. The van der Waals surface area contributed by atoms with E-state index >= 15 is 0 Å². The van der Waals surface area contributed by atoms with Gasteiger partial charge in [0.15, 0.2) is 0 Å². The summed E-state index contributed by atoms with van der Waals surface area (Å²) in [7, 11) is 0. The van der Waals surface area contributed by atoms with Gasteiger partial charge in [-0.1, -0.05) is 30.3 Å². The summed E-state index contributed by atoms with van der Waals surface area (Å²) in [5.74, 6) is -0.299. The van der Waals surface area contributed by atoms with E-state index in [-0.39, 0.29) is 12.0 Å². The van der Waals surface area contributed by atoms with E-state index in [2.05, 4.69) is 5.32 Å². The van der Waals surface area contributed by atoms with Crippen molar-refractivity contribution in [2.24, 2.45) is 0 Å². The number of hydrogen-bond donors (Lipinski definition) is 1. The van der Waals surface area contributed by atoms with Crippen molar-refractivity contribution < 1.29 is 14.3 Å². The number of nitrogens with one attached hydrogen (secondary N) is 1. The number of carbonyl (C=O) groups is 2. The second kappa shape index (κ2) is 8.43. The summed E-state index contributed by atoms with van der Waals surface area (Å²) in [5, 5.41) is 2.98. The Balaban J connectivity index is 2.58. The van der Waals surface area contributed by atoms with Gasteiger partial charge >= 0.3 is 5.97 Å². The molecule has 0 aliphatic carbocycles. The highest BCUT2D eigenvalue weighted by Crippen LogP contribution is 2.07. The van der Waals surface area contributed by atoms with Crippen LogP contribution >= 0.6 is 0 Å². The van der Waals surface area contributed by atoms with Crippen molar-refractivity contribution >= 4 is 12.3 Å². The van der Waals surface area contributed by atoms with Crippen molar-refractivity contribution in [3.63, 3.8) is 0 Å². The average molecular weight is 263 g/mol. The van der Waals surface area contributed by atoms with Gasteiger partial charge in [0.25, 0.3) is 0 Å². The Bertz CT molecular complexity index is 392. The van der Waals surface area contributed by atoms with Crippen LogP contribution in [0.1, 0.15) is 25.8 Å². The molecule has 0 aromatic heterocycles. The fraction of sp³-hybridized carbons (Fsp3) is 0.467.